The normalized spacial score (nSPS) is 9.94. The molecular formula is C13H12BrNO2. The fraction of sp³-hybridized carbons (Fsp3) is 0.154. The molecule has 0 aliphatic carbocycles. The van der Waals surface area contributed by atoms with Crippen molar-refractivity contribution in [1.29, 1.82) is 0 Å². The highest BCUT2D eigenvalue weighted by atomic mass is 79.9. The highest BCUT2D eigenvalue weighted by molar-refractivity contribution is 9.10. The van der Waals surface area contributed by atoms with Gasteiger partial charge in [0.25, 0.3) is 0 Å². The van der Waals surface area contributed by atoms with Gasteiger partial charge in [-0.2, -0.15) is 0 Å². The van der Waals surface area contributed by atoms with Crippen LogP contribution in [-0.2, 0) is 0 Å². The minimum atomic E-state index is 0.476. The first-order valence-electron chi connectivity index (χ1n) is 5.27. The SMILES string of the molecule is Brc1cccc(OCCOc2ccccn2)c1. The van der Waals surface area contributed by atoms with Crippen molar-refractivity contribution in [2.24, 2.45) is 0 Å². The van der Waals surface area contributed by atoms with Crippen LogP contribution in [0.25, 0.3) is 0 Å². The number of ether oxygens (including phenoxy) is 2. The Balaban J connectivity index is 1.73. The van der Waals surface area contributed by atoms with Crippen molar-refractivity contribution in [3.8, 4) is 11.6 Å². The molecular weight excluding hydrogens is 282 g/mol. The van der Waals surface area contributed by atoms with Gasteiger partial charge in [-0.15, -0.1) is 0 Å². The lowest BCUT2D eigenvalue weighted by molar-refractivity contribution is 0.212. The number of hydrogen-bond acceptors (Lipinski definition) is 3. The van der Waals surface area contributed by atoms with Crippen molar-refractivity contribution in [2.45, 2.75) is 0 Å². The van der Waals surface area contributed by atoms with Crippen LogP contribution in [0, 0.1) is 0 Å². The number of halogens is 1. The second-order valence-electron chi connectivity index (χ2n) is 3.32. The van der Waals surface area contributed by atoms with Gasteiger partial charge < -0.3 is 9.47 Å². The summed E-state index contributed by atoms with van der Waals surface area (Å²) >= 11 is 3.39. The molecule has 0 aliphatic rings. The Kier molecular flexibility index (Phi) is 4.38. The molecule has 0 bridgehead atoms. The van der Waals surface area contributed by atoms with Crippen molar-refractivity contribution in [3.63, 3.8) is 0 Å². The number of rotatable bonds is 5. The van der Waals surface area contributed by atoms with E-state index in [1.54, 1.807) is 6.20 Å². The average Bonchev–Trinajstić information content (AvgIpc) is 2.36. The summed E-state index contributed by atoms with van der Waals surface area (Å²) in [5.74, 6) is 1.44. The number of nitrogens with zero attached hydrogens (tertiary/aromatic N) is 1. The minimum Gasteiger partial charge on any atom is -0.490 e. The van der Waals surface area contributed by atoms with E-state index in [9.17, 15) is 0 Å². The Morgan fingerprint density at radius 1 is 1.00 bits per heavy atom. The molecule has 2 rings (SSSR count). The summed E-state index contributed by atoms with van der Waals surface area (Å²) in [5.41, 5.74) is 0. The first-order valence-corrected chi connectivity index (χ1v) is 6.06. The Morgan fingerprint density at radius 3 is 2.65 bits per heavy atom. The second kappa shape index (κ2) is 6.25. The van der Waals surface area contributed by atoms with Gasteiger partial charge >= 0.3 is 0 Å². The quantitative estimate of drug-likeness (QED) is 0.793. The molecule has 0 radical (unpaired) electrons. The highest BCUT2D eigenvalue weighted by Gasteiger charge is 1.96. The number of hydrogen-bond donors (Lipinski definition) is 0. The van der Waals surface area contributed by atoms with Gasteiger partial charge in [-0.3, -0.25) is 0 Å². The van der Waals surface area contributed by atoms with Crippen molar-refractivity contribution < 1.29 is 9.47 Å². The Morgan fingerprint density at radius 2 is 1.88 bits per heavy atom. The lowest BCUT2D eigenvalue weighted by Crippen LogP contribution is -2.09. The minimum absolute atomic E-state index is 0.476. The van der Waals surface area contributed by atoms with Crippen LogP contribution < -0.4 is 9.47 Å². The molecule has 2 aromatic rings. The van der Waals surface area contributed by atoms with Gasteiger partial charge in [-0.25, -0.2) is 4.98 Å². The predicted octanol–water partition coefficient (Wildman–Crippen LogP) is 3.30. The van der Waals surface area contributed by atoms with Crippen LogP contribution in [-0.4, -0.2) is 18.2 Å². The van der Waals surface area contributed by atoms with Gasteiger partial charge in [0.1, 0.15) is 19.0 Å². The molecule has 0 saturated carbocycles. The Labute approximate surface area is 109 Å². The van der Waals surface area contributed by atoms with E-state index >= 15 is 0 Å². The molecule has 17 heavy (non-hydrogen) atoms. The zero-order valence-electron chi connectivity index (χ0n) is 9.17. The van der Waals surface area contributed by atoms with Gasteiger partial charge in [0.2, 0.25) is 5.88 Å². The third-order valence-electron chi connectivity index (χ3n) is 2.04. The molecule has 0 atom stereocenters. The maximum Gasteiger partial charge on any atom is 0.213 e. The topological polar surface area (TPSA) is 31.4 Å². The van der Waals surface area contributed by atoms with E-state index in [4.69, 9.17) is 9.47 Å². The smallest absolute Gasteiger partial charge is 0.213 e. The van der Waals surface area contributed by atoms with E-state index in [0.717, 1.165) is 10.2 Å². The average molecular weight is 294 g/mol. The van der Waals surface area contributed by atoms with Crippen LogP contribution in [0.5, 0.6) is 11.6 Å². The molecule has 0 amide bonds. The summed E-state index contributed by atoms with van der Waals surface area (Å²) in [6.45, 7) is 0.969. The van der Waals surface area contributed by atoms with Gasteiger partial charge in [0, 0.05) is 16.7 Å². The fourth-order valence-electron chi connectivity index (χ4n) is 1.30. The Bertz CT molecular complexity index is 462. The van der Waals surface area contributed by atoms with Gasteiger partial charge in [-0.1, -0.05) is 28.1 Å². The molecule has 0 aliphatic heterocycles. The molecule has 0 fully saturated rings. The molecule has 4 heteroatoms. The van der Waals surface area contributed by atoms with Crippen LogP contribution >= 0.6 is 15.9 Å². The summed E-state index contributed by atoms with van der Waals surface area (Å²) in [6, 6.07) is 13.3. The Hall–Kier alpha value is -1.55. The van der Waals surface area contributed by atoms with Gasteiger partial charge in [-0.05, 0) is 24.3 Å². The third-order valence-corrected chi connectivity index (χ3v) is 2.53. The second-order valence-corrected chi connectivity index (χ2v) is 4.24. The molecule has 0 N–H and O–H groups in total. The molecule has 1 aromatic carbocycles. The largest absolute Gasteiger partial charge is 0.490 e. The third kappa shape index (κ3) is 4.07. The molecule has 1 aromatic heterocycles. The van der Waals surface area contributed by atoms with E-state index in [0.29, 0.717) is 19.1 Å². The summed E-state index contributed by atoms with van der Waals surface area (Å²) in [4.78, 5) is 4.05. The first kappa shape index (κ1) is 11.9. The molecule has 3 nitrogen and oxygen atoms in total. The van der Waals surface area contributed by atoms with E-state index < -0.39 is 0 Å². The predicted molar refractivity (Wildman–Crippen MR) is 69.4 cm³/mol. The van der Waals surface area contributed by atoms with Gasteiger partial charge in [0.05, 0.1) is 0 Å². The first-order chi connectivity index (χ1) is 8.34. The lowest BCUT2D eigenvalue weighted by Gasteiger charge is -2.07. The molecule has 1 heterocycles. The molecule has 0 unspecified atom stereocenters. The summed E-state index contributed by atoms with van der Waals surface area (Å²) in [6.07, 6.45) is 1.70. The van der Waals surface area contributed by atoms with Crippen molar-refractivity contribution in [1.82, 2.24) is 4.98 Å². The number of aromatic nitrogens is 1. The van der Waals surface area contributed by atoms with E-state index in [1.165, 1.54) is 0 Å². The molecule has 0 spiro atoms. The molecule has 0 saturated heterocycles. The van der Waals surface area contributed by atoms with Crippen LogP contribution in [0.1, 0.15) is 0 Å². The summed E-state index contributed by atoms with van der Waals surface area (Å²) in [5, 5.41) is 0. The summed E-state index contributed by atoms with van der Waals surface area (Å²) in [7, 11) is 0. The summed E-state index contributed by atoms with van der Waals surface area (Å²) < 4.78 is 11.9. The van der Waals surface area contributed by atoms with Crippen molar-refractivity contribution in [2.75, 3.05) is 13.2 Å². The fourth-order valence-corrected chi connectivity index (χ4v) is 1.67. The van der Waals surface area contributed by atoms with E-state index in [2.05, 4.69) is 20.9 Å². The van der Waals surface area contributed by atoms with Gasteiger partial charge in [0.15, 0.2) is 0 Å². The highest BCUT2D eigenvalue weighted by Crippen LogP contribution is 2.17. The van der Waals surface area contributed by atoms with Crippen LogP contribution in [0.3, 0.4) is 0 Å². The zero-order valence-corrected chi connectivity index (χ0v) is 10.8. The maximum absolute atomic E-state index is 5.53. The van der Waals surface area contributed by atoms with E-state index in [-0.39, 0.29) is 0 Å². The lowest BCUT2D eigenvalue weighted by atomic mass is 10.3. The maximum atomic E-state index is 5.53. The van der Waals surface area contributed by atoms with E-state index in [1.807, 2.05) is 42.5 Å². The van der Waals surface area contributed by atoms with Crippen molar-refractivity contribution >= 4 is 15.9 Å². The van der Waals surface area contributed by atoms with Crippen molar-refractivity contribution in [3.05, 3.63) is 53.1 Å². The van der Waals surface area contributed by atoms with Crippen LogP contribution in [0.15, 0.2) is 53.1 Å². The number of pyridine rings is 1. The van der Waals surface area contributed by atoms with Crippen LogP contribution in [0.2, 0.25) is 0 Å². The zero-order chi connectivity index (χ0) is 11.9. The number of benzene rings is 1. The molecule has 88 valence electrons. The standard InChI is InChI=1S/C13H12BrNO2/c14-11-4-3-5-12(10-11)16-8-9-17-13-6-1-2-7-15-13/h1-7,10H,8-9H2. The van der Waals surface area contributed by atoms with Crippen LogP contribution in [0.4, 0.5) is 0 Å². The monoisotopic (exact) mass is 293 g/mol.